The van der Waals surface area contributed by atoms with Crippen molar-refractivity contribution in [1.82, 2.24) is 16.2 Å². The normalized spacial score (nSPS) is 10.4. The molecule has 2 aromatic carbocycles. The number of ether oxygens (including phenoxy) is 2. The van der Waals surface area contributed by atoms with E-state index in [1.165, 1.54) is 0 Å². The lowest BCUT2D eigenvalue weighted by atomic mass is 10.1. The van der Waals surface area contributed by atoms with Crippen LogP contribution in [-0.4, -0.2) is 37.4 Å². The zero-order valence-electron chi connectivity index (χ0n) is 14.5. The molecule has 0 saturated carbocycles. The number of hydrogen-bond donors (Lipinski definition) is 3. The molecule has 0 spiro atoms. The van der Waals surface area contributed by atoms with E-state index < -0.39 is 0 Å². The molecule has 0 aliphatic rings. The van der Waals surface area contributed by atoms with Crippen molar-refractivity contribution in [3.8, 4) is 5.75 Å². The van der Waals surface area contributed by atoms with Crippen LogP contribution in [0.25, 0.3) is 10.8 Å². The number of hydrazine groups is 1. The van der Waals surface area contributed by atoms with Gasteiger partial charge < -0.3 is 14.8 Å². The van der Waals surface area contributed by atoms with Gasteiger partial charge in [0.1, 0.15) is 5.75 Å². The first-order valence-electron chi connectivity index (χ1n) is 8.31. The maximum Gasteiger partial charge on any atom is 0.276 e. The summed E-state index contributed by atoms with van der Waals surface area (Å²) in [6.45, 7) is 3.89. The second-order valence-electron chi connectivity index (χ2n) is 5.42. The van der Waals surface area contributed by atoms with Gasteiger partial charge in [0.05, 0.1) is 0 Å². The summed E-state index contributed by atoms with van der Waals surface area (Å²) >= 11 is 8.51. The Morgan fingerprint density at radius 2 is 1.92 bits per heavy atom. The number of fused-ring (bicyclic) bond motifs is 1. The van der Waals surface area contributed by atoms with Crippen LogP contribution in [0, 0.1) is 0 Å². The molecule has 0 atom stereocenters. The Bertz CT molecular complexity index is 758. The molecule has 2 rings (SSSR count). The minimum Gasteiger partial charge on any atom is -0.484 e. The Morgan fingerprint density at radius 3 is 2.73 bits per heavy atom. The quantitative estimate of drug-likeness (QED) is 0.333. The SMILES string of the molecule is CCOCCCNC(=S)NNC(=O)COc1ccc2cc(Br)ccc2c1. The molecule has 0 radical (unpaired) electrons. The summed E-state index contributed by atoms with van der Waals surface area (Å²) in [4.78, 5) is 11.8. The maximum atomic E-state index is 11.8. The predicted molar refractivity (Wildman–Crippen MR) is 110 cm³/mol. The van der Waals surface area contributed by atoms with Gasteiger partial charge in [-0.3, -0.25) is 15.6 Å². The van der Waals surface area contributed by atoms with E-state index in [2.05, 4.69) is 32.1 Å². The summed E-state index contributed by atoms with van der Waals surface area (Å²) in [7, 11) is 0. The van der Waals surface area contributed by atoms with E-state index in [1.807, 2.05) is 43.3 Å². The van der Waals surface area contributed by atoms with E-state index in [0.29, 0.717) is 30.6 Å². The highest BCUT2D eigenvalue weighted by molar-refractivity contribution is 9.10. The molecular weight excluding hydrogens is 418 g/mol. The van der Waals surface area contributed by atoms with Gasteiger partial charge in [0.15, 0.2) is 11.7 Å². The molecule has 8 heteroatoms. The van der Waals surface area contributed by atoms with Gasteiger partial charge in [-0.2, -0.15) is 0 Å². The van der Waals surface area contributed by atoms with Crippen LogP contribution in [0.5, 0.6) is 5.75 Å². The highest BCUT2D eigenvalue weighted by atomic mass is 79.9. The number of benzene rings is 2. The monoisotopic (exact) mass is 439 g/mol. The van der Waals surface area contributed by atoms with Gasteiger partial charge in [-0.25, -0.2) is 0 Å². The average molecular weight is 440 g/mol. The van der Waals surface area contributed by atoms with Gasteiger partial charge >= 0.3 is 0 Å². The molecule has 0 heterocycles. The Hall–Kier alpha value is -1.90. The number of carbonyl (C=O) groups is 1. The summed E-state index contributed by atoms with van der Waals surface area (Å²) < 4.78 is 11.8. The number of carbonyl (C=O) groups excluding carboxylic acids is 1. The first-order valence-corrected chi connectivity index (χ1v) is 9.51. The van der Waals surface area contributed by atoms with Gasteiger partial charge in [0, 0.05) is 24.2 Å². The van der Waals surface area contributed by atoms with E-state index in [4.69, 9.17) is 21.7 Å². The van der Waals surface area contributed by atoms with Crippen molar-refractivity contribution in [3.63, 3.8) is 0 Å². The molecule has 0 fully saturated rings. The van der Waals surface area contributed by atoms with E-state index in [9.17, 15) is 4.79 Å². The molecule has 0 aliphatic heterocycles. The van der Waals surface area contributed by atoms with Crippen molar-refractivity contribution in [2.24, 2.45) is 0 Å². The van der Waals surface area contributed by atoms with Crippen molar-refractivity contribution in [2.45, 2.75) is 13.3 Å². The predicted octanol–water partition coefficient (Wildman–Crippen LogP) is 2.90. The molecule has 26 heavy (non-hydrogen) atoms. The standard InChI is InChI=1S/C18H22BrN3O3S/c1-2-24-9-3-8-20-18(26)22-21-17(23)12-25-16-7-5-13-10-15(19)6-4-14(13)11-16/h4-7,10-11H,2-3,8-9,12H2,1H3,(H,21,23)(H2,20,22,26). The van der Waals surface area contributed by atoms with Gasteiger partial charge in [-0.15, -0.1) is 0 Å². The summed E-state index contributed by atoms with van der Waals surface area (Å²) in [6, 6.07) is 11.7. The van der Waals surface area contributed by atoms with Crippen LogP contribution in [0.2, 0.25) is 0 Å². The molecule has 0 bridgehead atoms. The molecule has 140 valence electrons. The number of amides is 1. The minimum atomic E-state index is -0.320. The Kier molecular flexibility index (Phi) is 8.60. The van der Waals surface area contributed by atoms with Gasteiger partial charge in [0.25, 0.3) is 5.91 Å². The molecule has 0 aromatic heterocycles. The van der Waals surface area contributed by atoms with Crippen molar-refractivity contribution < 1.29 is 14.3 Å². The van der Waals surface area contributed by atoms with Crippen molar-refractivity contribution in [2.75, 3.05) is 26.4 Å². The lowest BCUT2D eigenvalue weighted by Gasteiger charge is -2.12. The van der Waals surface area contributed by atoms with Gasteiger partial charge in [-0.1, -0.05) is 28.1 Å². The summed E-state index contributed by atoms with van der Waals surface area (Å²) in [5.41, 5.74) is 5.13. The molecule has 3 N–H and O–H groups in total. The van der Waals surface area contributed by atoms with Crippen LogP contribution in [0.15, 0.2) is 40.9 Å². The average Bonchev–Trinajstić information content (AvgIpc) is 2.64. The largest absolute Gasteiger partial charge is 0.484 e. The van der Waals surface area contributed by atoms with Crippen LogP contribution in [0.1, 0.15) is 13.3 Å². The Morgan fingerprint density at radius 1 is 1.15 bits per heavy atom. The lowest BCUT2D eigenvalue weighted by Crippen LogP contribution is -2.48. The van der Waals surface area contributed by atoms with Crippen molar-refractivity contribution >= 4 is 49.9 Å². The fourth-order valence-electron chi connectivity index (χ4n) is 2.16. The Balaban J connectivity index is 1.68. The molecular formula is C18H22BrN3O3S. The second-order valence-corrected chi connectivity index (χ2v) is 6.75. The topological polar surface area (TPSA) is 71.6 Å². The van der Waals surface area contributed by atoms with Crippen LogP contribution < -0.4 is 20.9 Å². The third-order valence-electron chi connectivity index (χ3n) is 3.41. The summed E-state index contributed by atoms with van der Waals surface area (Å²) in [5.74, 6) is 0.311. The van der Waals surface area contributed by atoms with Gasteiger partial charge in [-0.05, 0) is 60.6 Å². The fraction of sp³-hybridized carbons (Fsp3) is 0.333. The highest BCUT2D eigenvalue weighted by Gasteiger charge is 2.04. The van der Waals surface area contributed by atoms with E-state index >= 15 is 0 Å². The third kappa shape index (κ3) is 7.15. The van der Waals surface area contributed by atoms with Crippen molar-refractivity contribution in [1.29, 1.82) is 0 Å². The zero-order valence-corrected chi connectivity index (χ0v) is 16.9. The molecule has 6 nitrogen and oxygen atoms in total. The molecule has 2 aromatic rings. The minimum absolute atomic E-state index is 0.109. The number of halogens is 1. The van der Waals surface area contributed by atoms with Gasteiger partial charge in [0.2, 0.25) is 0 Å². The Labute approximate surface area is 166 Å². The van der Waals surface area contributed by atoms with E-state index in [-0.39, 0.29) is 12.5 Å². The van der Waals surface area contributed by atoms with E-state index in [1.54, 1.807) is 0 Å². The fourth-order valence-corrected chi connectivity index (χ4v) is 2.69. The van der Waals surface area contributed by atoms with Crippen LogP contribution >= 0.6 is 28.1 Å². The lowest BCUT2D eigenvalue weighted by molar-refractivity contribution is -0.123. The smallest absolute Gasteiger partial charge is 0.276 e. The van der Waals surface area contributed by atoms with Crippen LogP contribution in [-0.2, 0) is 9.53 Å². The number of nitrogens with one attached hydrogen (secondary N) is 3. The first kappa shape index (κ1) is 20.4. The highest BCUT2D eigenvalue weighted by Crippen LogP contribution is 2.24. The third-order valence-corrected chi connectivity index (χ3v) is 4.15. The maximum absolute atomic E-state index is 11.8. The number of thiocarbonyl (C=S) groups is 1. The molecule has 0 aliphatic carbocycles. The number of hydrogen-bond acceptors (Lipinski definition) is 4. The first-order chi connectivity index (χ1) is 12.6. The van der Waals surface area contributed by atoms with Crippen molar-refractivity contribution in [3.05, 3.63) is 40.9 Å². The summed E-state index contributed by atoms with van der Waals surface area (Å²) in [6.07, 6.45) is 0.839. The zero-order chi connectivity index (χ0) is 18.8. The number of rotatable bonds is 8. The van der Waals surface area contributed by atoms with Crippen LogP contribution in [0.4, 0.5) is 0 Å². The molecule has 0 unspecified atom stereocenters. The second kappa shape index (κ2) is 10.9. The molecule has 1 amide bonds. The van der Waals surface area contributed by atoms with E-state index in [0.717, 1.165) is 21.7 Å². The molecule has 0 saturated heterocycles. The van der Waals surface area contributed by atoms with Crippen LogP contribution in [0.3, 0.4) is 0 Å². The summed E-state index contributed by atoms with van der Waals surface area (Å²) in [5, 5.41) is 5.47.